The highest BCUT2D eigenvalue weighted by Gasteiger charge is 2.31. The van der Waals surface area contributed by atoms with Crippen LogP contribution in [-0.4, -0.2) is 85.7 Å². The highest BCUT2D eigenvalue weighted by atomic mass is 32.2. The lowest BCUT2D eigenvalue weighted by atomic mass is 9.98. The van der Waals surface area contributed by atoms with E-state index >= 15 is 0 Å². The summed E-state index contributed by atoms with van der Waals surface area (Å²) in [6.07, 6.45) is 3.75. The van der Waals surface area contributed by atoms with E-state index in [-0.39, 0.29) is 17.3 Å². The second kappa shape index (κ2) is 8.01. The summed E-state index contributed by atoms with van der Waals surface area (Å²) in [5.74, 6) is 0.114. The van der Waals surface area contributed by atoms with Gasteiger partial charge >= 0.3 is 6.03 Å². The molecule has 0 atom stereocenters. The maximum Gasteiger partial charge on any atom is 0.317 e. The summed E-state index contributed by atoms with van der Waals surface area (Å²) in [6.45, 7) is 10.5. The first-order chi connectivity index (χ1) is 11.3. The molecule has 0 unspecified atom stereocenters. The van der Waals surface area contributed by atoms with Crippen LogP contribution in [0.25, 0.3) is 0 Å². The fourth-order valence-corrected chi connectivity index (χ4v) is 4.45. The molecule has 2 amide bonds. The largest absolute Gasteiger partial charge is 0.336 e. The van der Waals surface area contributed by atoms with E-state index in [1.165, 1.54) is 23.6 Å². The van der Waals surface area contributed by atoms with Gasteiger partial charge in [0.1, 0.15) is 0 Å². The monoisotopic (exact) mass is 360 g/mol. The van der Waals surface area contributed by atoms with E-state index in [2.05, 4.69) is 24.1 Å². The van der Waals surface area contributed by atoms with Crippen LogP contribution in [0.15, 0.2) is 0 Å². The number of piperazine rings is 1. The molecule has 2 aliphatic rings. The van der Waals surface area contributed by atoms with Gasteiger partial charge in [0, 0.05) is 38.3 Å². The normalized spacial score (nSPS) is 21.7. The molecule has 0 radical (unpaired) electrons. The molecule has 0 saturated carbocycles. The molecular formula is C16H32N4O3S. The predicted octanol–water partition coefficient (Wildman–Crippen LogP) is 0.928. The topological polar surface area (TPSA) is 73.0 Å². The number of likely N-dealkylation sites (tertiary alicyclic amines) is 1. The second-order valence-electron chi connectivity index (χ2n) is 7.31. The number of urea groups is 1. The van der Waals surface area contributed by atoms with Crippen molar-refractivity contribution in [3.8, 4) is 0 Å². The Morgan fingerprint density at radius 1 is 1.00 bits per heavy atom. The summed E-state index contributed by atoms with van der Waals surface area (Å²) in [7, 11) is -3.15. The lowest BCUT2D eigenvalue weighted by molar-refractivity contribution is 0.0928. The van der Waals surface area contributed by atoms with Crippen LogP contribution in [-0.2, 0) is 10.0 Å². The quantitative estimate of drug-likeness (QED) is 0.792. The summed E-state index contributed by atoms with van der Waals surface area (Å²) in [5.41, 5.74) is -0.0521. The number of hydrogen-bond donors (Lipinski definition) is 1. The molecular weight excluding hydrogens is 328 g/mol. The van der Waals surface area contributed by atoms with Crippen LogP contribution in [0.4, 0.5) is 4.79 Å². The zero-order valence-corrected chi connectivity index (χ0v) is 16.1. The Labute approximate surface area is 146 Å². The van der Waals surface area contributed by atoms with Crippen molar-refractivity contribution in [1.29, 1.82) is 0 Å². The van der Waals surface area contributed by atoms with Crippen LogP contribution in [0.3, 0.4) is 0 Å². The van der Waals surface area contributed by atoms with Gasteiger partial charge in [-0.2, -0.15) is 4.31 Å². The summed E-state index contributed by atoms with van der Waals surface area (Å²) in [6, 6.07) is -0.0892. The molecule has 1 N–H and O–H groups in total. The lowest BCUT2D eigenvalue weighted by Gasteiger charge is -2.41. The Bertz CT molecular complexity index is 521. The lowest BCUT2D eigenvalue weighted by Crippen LogP contribution is -2.57. The van der Waals surface area contributed by atoms with Crippen molar-refractivity contribution in [2.24, 2.45) is 0 Å². The van der Waals surface area contributed by atoms with Gasteiger partial charge in [0.2, 0.25) is 10.0 Å². The molecule has 7 nitrogen and oxygen atoms in total. The van der Waals surface area contributed by atoms with Crippen LogP contribution >= 0.6 is 0 Å². The van der Waals surface area contributed by atoms with Gasteiger partial charge in [0.25, 0.3) is 0 Å². The number of nitrogens with zero attached hydrogens (tertiary/aromatic N) is 3. The highest BCUT2D eigenvalue weighted by Crippen LogP contribution is 2.20. The van der Waals surface area contributed by atoms with Crippen LogP contribution in [0.2, 0.25) is 0 Å². The van der Waals surface area contributed by atoms with Crippen LogP contribution in [0, 0.1) is 0 Å². The van der Waals surface area contributed by atoms with E-state index in [0.29, 0.717) is 32.7 Å². The van der Waals surface area contributed by atoms with Gasteiger partial charge in [-0.05, 0) is 46.7 Å². The minimum Gasteiger partial charge on any atom is -0.336 e. The number of hydrogen-bond acceptors (Lipinski definition) is 4. The highest BCUT2D eigenvalue weighted by molar-refractivity contribution is 7.89. The molecule has 140 valence electrons. The van der Waals surface area contributed by atoms with Crippen LogP contribution in [0.5, 0.6) is 0 Å². The van der Waals surface area contributed by atoms with E-state index in [1.807, 2.05) is 0 Å². The van der Waals surface area contributed by atoms with Gasteiger partial charge in [-0.3, -0.25) is 4.90 Å². The Balaban J connectivity index is 1.79. The second-order valence-corrected chi connectivity index (χ2v) is 9.56. The zero-order valence-electron chi connectivity index (χ0n) is 15.3. The van der Waals surface area contributed by atoms with Crippen molar-refractivity contribution in [2.45, 2.75) is 45.6 Å². The molecule has 0 spiro atoms. The molecule has 0 aromatic carbocycles. The van der Waals surface area contributed by atoms with Crippen molar-refractivity contribution in [3.63, 3.8) is 0 Å². The molecule has 0 aromatic heterocycles. The van der Waals surface area contributed by atoms with Crippen LogP contribution in [0.1, 0.15) is 40.0 Å². The average Bonchev–Trinajstić information content (AvgIpc) is 2.60. The average molecular weight is 361 g/mol. The molecule has 2 saturated heterocycles. The SMILES string of the molecule is CCS(=O)(=O)N1CCN(C(=O)NCC(C)(C)N2CCCCC2)CC1. The first-order valence-corrected chi connectivity index (χ1v) is 10.6. The molecule has 8 heteroatoms. The predicted molar refractivity (Wildman–Crippen MR) is 95.5 cm³/mol. The number of carbonyl (C=O) groups excluding carboxylic acids is 1. The molecule has 2 heterocycles. The van der Waals surface area contributed by atoms with Gasteiger partial charge < -0.3 is 10.2 Å². The van der Waals surface area contributed by atoms with E-state index in [1.54, 1.807) is 11.8 Å². The Morgan fingerprint density at radius 3 is 2.12 bits per heavy atom. The number of nitrogens with one attached hydrogen (secondary N) is 1. The minimum absolute atomic E-state index is 0.0521. The first kappa shape index (κ1) is 19.5. The third-order valence-corrected chi connectivity index (χ3v) is 7.05. The number of piperidine rings is 1. The van der Waals surface area contributed by atoms with Gasteiger partial charge in [-0.25, -0.2) is 13.2 Å². The maximum absolute atomic E-state index is 12.4. The van der Waals surface area contributed by atoms with Crippen LogP contribution < -0.4 is 5.32 Å². The number of sulfonamides is 1. The smallest absolute Gasteiger partial charge is 0.317 e. The van der Waals surface area contributed by atoms with Crippen molar-refractivity contribution < 1.29 is 13.2 Å². The van der Waals surface area contributed by atoms with Crippen molar-refractivity contribution in [2.75, 3.05) is 51.6 Å². The summed E-state index contributed by atoms with van der Waals surface area (Å²) >= 11 is 0. The van der Waals surface area contributed by atoms with Crippen molar-refractivity contribution in [1.82, 2.24) is 19.4 Å². The Hall–Kier alpha value is -0.860. The Kier molecular flexibility index (Phi) is 6.50. The molecule has 0 bridgehead atoms. The van der Waals surface area contributed by atoms with Gasteiger partial charge in [-0.1, -0.05) is 6.42 Å². The van der Waals surface area contributed by atoms with E-state index in [0.717, 1.165) is 13.1 Å². The minimum atomic E-state index is -3.15. The van der Waals surface area contributed by atoms with Gasteiger partial charge in [-0.15, -0.1) is 0 Å². The summed E-state index contributed by atoms with van der Waals surface area (Å²) in [5, 5.41) is 3.03. The van der Waals surface area contributed by atoms with Crippen molar-refractivity contribution in [3.05, 3.63) is 0 Å². The standard InChI is InChI=1S/C16H32N4O3S/c1-4-24(22,23)20-12-10-18(11-13-20)15(21)17-14-16(2,3)19-8-6-5-7-9-19/h4-14H2,1-3H3,(H,17,21). The number of rotatable bonds is 5. The first-order valence-electron chi connectivity index (χ1n) is 9.02. The van der Waals surface area contributed by atoms with E-state index in [4.69, 9.17) is 0 Å². The van der Waals surface area contributed by atoms with E-state index in [9.17, 15) is 13.2 Å². The van der Waals surface area contributed by atoms with Gasteiger partial charge in [0.15, 0.2) is 0 Å². The summed E-state index contributed by atoms with van der Waals surface area (Å²) < 4.78 is 25.2. The molecule has 2 fully saturated rings. The molecule has 24 heavy (non-hydrogen) atoms. The van der Waals surface area contributed by atoms with Crippen molar-refractivity contribution >= 4 is 16.1 Å². The number of carbonyl (C=O) groups is 1. The maximum atomic E-state index is 12.4. The molecule has 0 aromatic rings. The fourth-order valence-electron chi connectivity index (χ4n) is 3.37. The zero-order chi connectivity index (χ0) is 17.8. The molecule has 2 aliphatic heterocycles. The molecule has 2 rings (SSSR count). The fraction of sp³-hybridized carbons (Fsp3) is 0.938. The Morgan fingerprint density at radius 2 is 1.58 bits per heavy atom. The number of amides is 2. The van der Waals surface area contributed by atoms with E-state index < -0.39 is 10.0 Å². The van der Waals surface area contributed by atoms with Gasteiger partial charge in [0.05, 0.1) is 5.75 Å². The summed E-state index contributed by atoms with van der Waals surface area (Å²) in [4.78, 5) is 16.5. The third-order valence-electron chi connectivity index (χ3n) is 5.17. The molecule has 0 aliphatic carbocycles. The third kappa shape index (κ3) is 4.83.